The van der Waals surface area contributed by atoms with Crippen molar-refractivity contribution in [2.45, 2.75) is 0 Å². The van der Waals surface area contributed by atoms with E-state index in [0.717, 1.165) is 0 Å². The topological polar surface area (TPSA) is 113 Å². The normalized spacial score (nSPS) is 10.6. The highest BCUT2D eigenvalue weighted by molar-refractivity contribution is 6.13. The number of hydrogen-bond donors (Lipinski definition) is 1. The van der Waals surface area contributed by atoms with Gasteiger partial charge in [-0.25, -0.2) is 4.98 Å². The van der Waals surface area contributed by atoms with Gasteiger partial charge in [-0.05, 0) is 30.3 Å². The maximum absolute atomic E-state index is 13.3. The van der Waals surface area contributed by atoms with Crippen molar-refractivity contribution in [3.05, 3.63) is 82.4 Å². The summed E-state index contributed by atoms with van der Waals surface area (Å²) >= 11 is 0. The minimum atomic E-state index is -0.514. The van der Waals surface area contributed by atoms with E-state index < -0.39 is 10.8 Å². The fourth-order valence-corrected chi connectivity index (χ4v) is 3.64. The van der Waals surface area contributed by atoms with Crippen LogP contribution in [0.25, 0.3) is 22.2 Å². The second-order valence-corrected chi connectivity index (χ2v) is 7.25. The predicted molar refractivity (Wildman–Crippen MR) is 128 cm³/mol. The van der Waals surface area contributed by atoms with E-state index in [1.54, 1.807) is 36.4 Å². The molecule has 34 heavy (non-hydrogen) atoms. The van der Waals surface area contributed by atoms with Crippen LogP contribution in [0.5, 0.6) is 17.2 Å². The summed E-state index contributed by atoms with van der Waals surface area (Å²) in [5.41, 5.74) is 2.34. The van der Waals surface area contributed by atoms with Gasteiger partial charge in [-0.1, -0.05) is 24.3 Å². The van der Waals surface area contributed by atoms with Gasteiger partial charge >= 0.3 is 0 Å². The number of carbonyl (C=O) groups excluding carboxylic acids is 1. The summed E-state index contributed by atoms with van der Waals surface area (Å²) in [5, 5.41) is 14.5. The number of fused-ring (bicyclic) bond motifs is 1. The summed E-state index contributed by atoms with van der Waals surface area (Å²) < 4.78 is 16.3. The lowest BCUT2D eigenvalue weighted by Gasteiger charge is -2.15. The molecule has 1 amide bonds. The highest BCUT2D eigenvalue weighted by Crippen LogP contribution is 2.41. The Morgan fingerprint density at radius 1 is 0.912 bits per heavy atom. The van der Waals surface area contributed by atoms with Crippen LogP contribution in [0.4, 0.5) is 11.4 Å². The zero-order chi connectivity index (χ0) is 24.2. The summed E-state index contributed by atoms with van der Waals surface area (Å²) in [6.45, 7) is 0. The Labute approximate surface area is 195 Å². The minimum absolute atomic E-state index is 0.115. The first-order chi connectivity index (χ1) is 16.4. The molecule has 9 heteroatoms. The molecule has 0 aliphatic rings. The number of ether oxygens (including phenoxy) is 3. The Bertz CT molecular complexity index is 1380. The lowest BCUT2D eigenvalue weighted by molar-refractivity contribution is -0.384. The molecule has 4 rings (SSSR count). The van der Waals surface area contributed by atoms with Crippen LogP contribution < -0.4 is 19.5 Å². The zero-order valence-corrected chi connectivity index (χ0v) is 18.7. The number of rotatable bonds is 7. The van der Waals surface area contributed by atoms with Gasteiger partial charge in [-0.15, -0.1) is 0 Å². The number of pyridine rings is 1. The number of nitrogens with one attached hydrogen (secondary N) is 1. The van der Waals surface area contributed by atoms with Crippen molar-refractivity contribution in [1.82, 2.24) is 4.98 Å². The largest absolute Gasteiger partial charge is 0.493 e. The predicted octanol–water partition coefficient (Wildman–Crippen LogP) is 5.09. The van der Waals surface area contributed by atoms with Crippen molar-refractivity contribution in [1.29, 1.82) is 0 Å². The molecule has 0 aliphatic heterocycles. The van der Waals surface area contributed by atoms with Crippen LogP contribution in [0, 0.1) is 10.1 Å². The van der Waals surface area contributed by atoms with E-state index in [0.29, 0.717) is 50.7 Å². The van der Waals surface area contributed by atoms with E-state index in [2.05, 4.69) is 5.32 Å². The number of benzene rings is 3. The number of non-ortho nitro benzene ring substituents is 1. The third-order valence-electron chi connectivity index (χ3n) is 5.24. The van der Waals surface area contributed by atoms with Crippen molar-refractivity contribution in [2.75, 3.05) is 26.6 Å². The van der Waals surface area contributed by atoms with E-state index in [4.69, 9.17) is 19.2 Å². The molecular weight excluding hydrogens is 438 g/mol. The number of amides is 1. The van der Waals surface area contributed by atoms with Crippen LogP contribution in [0.1, 0.15) is 10.4 Å². The Balaban J connectivity index is 1.83. The Morgan fingerprint density at radius 2 is 1.62 bits per heavy atom. The van der Waals surface area contributed by atoms with Gasteiger partial charge in [0, 0.05) is 28.8 Å². The highest BCUT2D eigenvalue weighted by atomic mass is 16.6. The van der Waals surface area contributed by atoms with E-state index in [-0.39, 0.29) is 5.69 Å². The molecule has 172 valence electrons. The molecule has 0 atom stereocenters. The van der Waals surface area contributed by atoms with E-state index >= 15 is 0 Å². The van der Waals surface area contributed by atoms with E-state index in [1.165, 1.54) is 39.5 Å². The first kappa shape index (κ1) is 22.5. The summed E-state index contributed by atoms with van der Waals surface area (Å²) in [6, 6.07) is 18.2. The molecule has 0 spiro atoms. The molecule has 0 saturated carbocycles. The summed E-state index contributed by atoms with van der Waals surface area (Å²) in [5.74, 6) is 0.926. The molecule has 0 fully saturated rings. The van der Waals surface area contributed by atoms with Crippen LogP contribution in [0.3, 0.4) is 0 Å². The van der Waals surface area contributed by atoms with Gasteiger partial charge in [0.15, 0.2) is 11.5 Å². The van der Waals surface area contributed by atoms with Crippen molar-refractivity contribution in [2.24, 2.45) is 0 Å². The molecule has 0 bridgehead atoms. The number of nitro benzene ring substituents is 1. The van der Waals surface area contributed by atoms with E-state index in [9.17, 15) is 14.9 Å². The van der Waals surface area contributed by atoms with Crippen LogP contribution in [0.2, 0.25) is 0 Å². The van der Waals surface area contributed by atoms with Gasteiger partial charge < -0.3 is 19.5 Å². The van der Waals surface area contributed by atoms with Crippen LogP contribution in [-0.2, 0) is 0 Å². The maximum Gasteiger partial charge on any atom is 0.271 e. The van der Waals surface area contributed by atoms with E-state index in [1.807, 2.05) is 12.1 Å². The zero-order valence-electron chi connectivity index (χ0n) is 18.7. The first-order valence-electron chi connectivity index (χ1n) is 10.2. The quantitative estimate of drug-likeness (QED) is 0.303. The molecule has 4 aromatic rings. The van der Waals surface area contributed by atoms with Crippen molar-refractivity contribution in [3.63, 3.8) is 0 Å². The molecule has 0 radical (unpaired) electrons. The number of aromatic nitrogens is 1. The molecule has 0 aliphatic carbocycles. The number of para-hydroxylation sites is 1. The van der Waals surface area contributed by atoms with Gasteiger partial charge in [0.2, 0.25) is 5.75 Å². The van der Waals surface area contributed by atoms with Crippen LogP contribution >= 0.6 is 0 Å². The number of methoxy groups -OCH3 is 3. The minimum Gasteiger partial charge on any atom is -0.493 e. The number of nitrogens with zero attached hydrogens (tertiary/aromatic N) is 2. The smallest absolute Gasteiger partial charge is 0.271 e. The number of anilines is 1. The first-order valence-corrected chi connectivity index (χ1v) is 10.2. The second kappa shape index (κ2) is 9.45. The fraction of sp³-hybridized carbons (Fsp3) is 0.120. The molecular formula is C25H21N3O6. The molecule has 9 nitrogen and oxygen atoms in total. The van der Waals surface area contributed by atoms with Gasteiger partial charge in [0.1, 0.15) is 0 Å². The average molecular weight is 459 g/mol. The van der Waals surface area contributed by atoms with Gasteiger partial charge in [0.25, 0.3) is 11.6 Å². The molecule has 1 aromatic heterocycles. The Hall–Kier alpha value is -4.66. The summed E-state index contributed by atoms with van der Waals surface area (Å²) in [6.07, 6.45) is 0. The molecule has 1 N–H and O–H groups in total. The third kappa shape index (κ3) is 4.31. The van der Waals surface area contributed by atoms with Crippen molar-refractivity contribution < 1.29 is 23.9 Å². The second-order valence-electron chi connectivity index (χ2n) is 7.25. The summed E-state index contributed by atoms with van der Waals surface area (Å²) in [4.78, 5) is 28.6. The number of carbonyl (C=O) groups is 1. The molecule has 0 unspecified atom stereocenters. The van der Waals surface area contributed by atoms with Crippen molar-refractivity contribution in [3.8, 4) is 28.5 Å². The highest BCUT2D eigenvalue weighted by Gasteiger charge is 2.19. The molecule has 3 aromatic carbocycles. The molecule has 1 heterocycles. The number of nitro groups is 1. The standard InChI is InChI=1S/C25H21N3O6/c1-32-22-11-15(12-23(33-2)24(22)34-3)21-14-19(18-9-4-5-10-20(18)27-21)25(29)26-16-7-6-8-17(13-16)28(30)31/h4-14H,1-3H3,(H,26,29). The Morgan fingerprint density at radius 3 is 2.26 bits per heavy atom. The fourth-order valence-electron chi connectivity index (χ4n) is 3.64. The van der Waals surface area contributed by atoms with Gasteiger partial charge in [-0.3, -0.25) is 14.9 Å². The Kier molecular flexibility index (Phi) is 6.26. The van der Waals surface area contributed by atoms with Gasteiger partial charge in [0.05, 0.1) is 43.0 Å². The average Bonchev–Trinajstić information content (AvgIpc) is 2.87. The van der Waals surface area contributed by atoms with Gasteiger partial charge in [-0.2, -0.15) is 0 Å². The summed E-state index contributed by atoms with van der Waals surface area (Å²) in [7, 11) is 4.56. The number of hydrogen-bond acceptors (Lipinski definition) is 7. The lowest BCUT2D eigenvalue weighted by atomic mass is 10.0. The SMILES string of the molecule is COc1cc(-c2cc(C(=O)Nc3cccc([N+](=O)[O-])c3)c3ccccc3n2)cc(OC)c1OC. The van der Waals surface area contributed by atoms with Crippen LogP contribution in [0.15, 0.2) is 66.7 Å². The van der Waals surface area contributed by atoms with Crippen LogP contribution in [-0.4, -0.2) is 37.1 Å². The third-order valence-corrected chi connectivity index (χ3v) is 5.24. The van der Waals surface area contributed by atoms with Crippen molar-refractivity contribution >= 4 is 28.2 Å². The lowest BCUT2D eigenvalue weighted by Crippen LogP contribution is -2.13. The maximum atomic E-state index is 13.3. The molecule has 0 saturated heterocycles. The monoisotopic (exact) mass is 459 g/mol.